The van der Waals surface area contributed by atoms with Crippen molar-refractivity contribution in [3.63, 3.8) is 0 Å². The van der Waals surface area contributed by atoms with E-state index in [-0.39, 0.29) is 24.6 Å². The zero-order valence-corrected chi connectivity index (χ0v) is 8.54. The van der Waals surface area contributed by atoms with Gasteiger partial charge in [-0.3, -0.25) is 0 Å². The van der Waals surface area contributed by atoms with Crippen LogP contribution in [0.3, 0.4) is 0 Å². The number of ether oxygens (including phenoxy) is 1. The summed E-state index contributed by atoms with van der Waals surface area (Å²) in [7, 11) is 0. The standard InChI is InChI=1S/C10H13NO2.ClH/c12-9-6-11-7-10(9)13-8-4-2-1-3-5-8;/h1-5,9-12H,6-7H2;1H/t9-,10-;/m1./s1. The Morgan fingerprint density at radius 2 is 1.93 bits per heavy atom. The summed E-state index contributed by atoms with van der Waals surface area (Å²) in [6.45, 7) is 1.34. The topological polar surface area (TPSA) is 41.5 Å². The van der Waals surface area contributed by atoms with Gasteiger partial charge in [0.2, 0.25) is 0 Å². The summed E-state index contributed by atoms with van der Waals surface area (Å²) in [5, 5.41) is 12.5. The van der Waals surface area contributed by atoms with Crippen molar-refractivity contribution in [3.05, 3.63) is 30.3 Å². The SMILES string of the molecule is Cl.O[C@@H]1CNC[C@H]1Oc1ccccc1. The second-order valence-corrected chi connectivity index (χ2v) is 3.19. The van der Waals surface area contributed by atoms with E-state index in [4.69, 9.17) is 4.74 Å². The molecule has 1 fully saturated rings. The predicted octanol–water partition coefficient (Wildman–Crippen LogP) is 0.820. The lowest BCUT2D eigenvalue weighted by atomic mass is 10.2. The zero-order chi connectivity index (χ0) is 9.10. The van der Waals surface area contributed by atoms with Crippen molar-refractivity contribution in [1.82, 2.24) is 5.32 Å². The van der Waals surface area contributed by atoms with Crippen LogP contribution in [-0.4, -0.2) is 30.4 Å². The van der Waals surface area contributed by atoms with Crippen LogP contribution in [0, 0.1) is 0 Å². The van der Waals surface area contributed by atoms with Gasteiger partial charge in [0.15, 0.2) is 0 Å². The third kappa shape index (κ3) is 2.61. The van der Waals surface area contributed by atoms with Crippen molar-refractivity contribution in [2.24, 2.45) is 0 Å². The summed E-state index contributed by atoms with van der Waals surface area (Å²) in [5.41, 5.74) is 0. The van der Waals surface area contributed by atoms with E-state index in [1.165, 1.54) is 0 Å². The van der Waals surface area contributed by atoms with Crippen LogP contribution in [-0.2, 0) is 0 Å². The third-order valence-corrected chi connectivity index (χ3v) is 2.16. The quantitative estimate of drug-likeness (QED) is 0.768. The van der Waals surface area contributed by atoms with Crippen LogP contribution in [0.2, 0.25) is 0 Å². The molecule has 0 aliphatic carbocycles. The van der Waals surface area contributed by atoms with Crippen molar-refractivity contribution < 1.29 is 9.84 Å². The Bertz CT molecular complexity index is 268. The van der Waals surface area contributed by atoms with Crippen LogP contribution in [0.1, 0.15) is 0 Å². The largest absolute Gasteiger partial charge is 0.486 e. The maximum atomic E-state index is 9.46. The van der Waals surface area contributed by atoms with E-state index in [0.717, 1.165) is 12.3 Å². The van der Waals surface area contributed by atoms with Gasteiger partial charge in [-0.15, -0.1) is 12.4 Å². The molecular weight excluding hydrogens is 202 g/mol. The summed E-state index contributed by atoms with van der Waals surface area (Å²) in [6.07, 6.45) is -0.498. The van der Waals surface area contributed by atoms with Gasteiger partial charge in [0.25, 0.3) is 0 Å². The minimum Gasteiger partial charge on any atom is -0.486 e. The average Bonchev–Trinajstić information content (AvgIpc) is 2.54. The van der Waals surface area contributed by atoms with Crippen LogP contribution >= 0.6 is 12.4 Å². The molecule has 2 rings (SSSR count). The Labute approximate surface area is 89.5 Å². The maximum Gasteiger partial charge on any atom is 0.138 e. The molecule has 1 aliphatic rings. The molecule has 2 N–H and O–H groups in total. The summed E-state index contributed by atoms with van der Waals surface area (Å²) >= 11 is 0. The van der Waals surface area contributed by atoms with Crippen LogP contribution in [0.5, 0.6) is 5.75 Å². The average molecular weight is 216 g/mol. The van der Waals surface area contributed by atoms with Crippen molar-refractivity contribution >= 4 is 12.4 Å². The minimum absolute atomic E-state index is 0. The Balaban J connectivity index is 0.000000980. The number of para-hydroxylation sites is 1. The predicted molar refractivity (Wildman–Crippen MR) is 57.0 cm³/mol. The van der Waals surface area contributed by atoms with E-state index in [9.17, 15) is 5.11 Å². The molecule has 0 spiro atoms. The van der Waals surface area contributed by atoms with E-state index >= 15 is 0 Å². The highest BCUT2D eigenvalue weighted by Crippen LogP contribution is 2.14. The maximum absolute atomic E-state index is 9.46. The number of benzene rings is 1. The first-order valence-electron chi connectivity index (χ1n) is 4.47. The number of hydrogen-bond donors (Lipinski definition) is 2. The zero-order valence-electron chi connectivity index (χ0n) is 7.72. The second kappa shape index (κ2) is 5.20. The monoisotopic (exact) mass is 215 g/mol. The molecule has 0 unspecified atom stereocenters. The van der Waals surface area contributed by atoms with Gasteiger partial charge >= 0.3 is 0 Å². The summed E-state index contributed by atoms with van der Waals surface area (Å²) in [4.78, 5) is 0. The van der Waals surface area contributed by atoms with E-state index < -0.39 is 0 Å². The van der Waals surface area contributed by atoms with E-state index in [1.54, 1.807) is 0 Å². The first-order valence-corrected chi connectivity index (χ1v) is 4.47. The lowest BCUT2D eigenvalue weighted by Gasteiger charge is -2.15. The Morgan fingerprint density at radius 1 is 1.21 bits per heavy atom. The lowest BCUT2D eigenvalue weighted by molar-refractivity contribution is 0.0738. The molecule has 1 heterocycles. The molecular formula is C10H14ClNO2. The van der Waals surface area contributed by atoms with Gasteiger partial charge in [-0.1, -0.05) is 18.2 Å². The highest BCUT2D eigenvalue weighted by molar-refractivity contribution is 5.85. The second-order valence-electron chi connectivity index (χ2n) is 3.19. The first kappa shape index (κ1) is 11.3. The molecule has 1 saturated heterocycles. The van der Waals surface area contributed by atoms with Crippen LogP contribution in [0.25, 0.3) is 0 Å². The molecule has 78 valence electrons. The molecule has 0 radical (unpaired) electrons. The van der Waals surface area contributed by atoms with Gasteiger partial charge in [0, 0.05) is 13.1 Å². The Kier molecular flexibility index (Phi) is 4.20. The molecule has 14 heavy (non-hydrogen) atoms. The molecule has 1 aromatic carbocycles. The van der Waals surface area contributed by atoms with E-state index in [1.807, 2.05) is 30.3 Å². The molecule has 2 atom stereocenters. The molecule has 4 heteroatoms. The fourth-order valence-corrected chi connectivity index (χ4v) is 1.44. The molecule has 3 nitrogen and oxygen atoms in total. The molecule has 0 aromatic heterocycles. The number of nitrogens with one attached hydrogen (secondary N) is 1. The summed E-state index contributed by atoms with van der Waals surface area (Å²) in [5.74, 6) is 0.815. The number of β-amino-alcohol motifs (C(OH)–C–C–N with tert-alkyl or cyclic N) is 1. The summed E-state index contributed by atoms with van der Waals surface area (Å²) in [6, 6.07) is 9.57. The highest BCUT2D eigenvalue weighted by Gasteiger charge is 2.26. The van der Waals surface area contributed by atoms with Gasteiger partial charge < -0.3 is 15.2 Å². The van der Waals surface area contributed by atoms with Gasteiger partial charge in [-0.2, -0.15) is 0 Å². The van der Waals surface area contributed by atoms with E-state index in [0.29, 0.717) is 6.54 Å². The van der Waals surface area contributed by atoms with Crippen LogP contribution in [0.4, 0.5) is 0 Å². The normalized spacial score (nSPS) is 25.5. The summed E-state index contributed by atoms with van der Waals surface area (Å²) < 4.78 is 5.58. The molecule has 0 saturated carbocycles. The highest BCUT2D eigenvalue weighted by atomic mass is 35.5. The smallest absolute Gasteiger partial charge is 0.138 e. The number of aliphatic hydroxyl groups is 1. The number of halogens is 1. The van der Waals surface area contributed by atoms with E-state index in [2.05, 4.69) is 5.32 Å². The van der Waals surface area contributed by atoms with Gasteiger partial charge in [-0.05, 0) is 12.1 Å². The van der Waals surface area contributed by atoms with Crippen molar-refractivity contribution in [3.8, 4) is 5.75 Å². The van der Waals surface area contributed by atoms with Gasteiger partial charge in [-0.25, -0.2) is 0 Å². The Hall–Kier alpha value is -0.770. The number of rotatable bonds is 2. The van der Waals surface area contributed by atoms with Crippen molar-refractivity contribution in [2.75, 3.05) is 13.1 Å². The third-order valence-electron chi connectivity index (χ3n) is 2.16. The lowest BCUT2D eigenvalue weighted by Crippen LogP contribution is -2.29. The fraction of sp³-hybridized carbons (Fsp3) is 0.400. The van der Waals surface area contributed by atoms with Gasteiger partial charge in [0.05, 0.1) is 0 Å². The van der Waals surface area contributed by atoms with Crippen molar-refractivity contribution in [1.29, 1.82) is 0 Å². The molecule has 1 aliphatic heterocycles. The minimum atomic E-state index is -0.389. The number of aliphatic hydroxyl groups excluding tert-OH is 1. The molecule has 0 amide bonds. The number of hydrogen-bond acceptors (Lipinski definition) is 3. The molecule has 1 aromatic rings. The van der Waals surface area contributed by atoms with Crippen LogP contribution < -0.4 is 10.1 Å². The van der Waals surface area contributed by atoms with Crippen molar-refractivity contribution in [2.45, 2.75) is 12.2 Å². The van der Waals surface area contributed by atoms with Crippen LogP contribution in [0.15, 0.2) is 30.3 Å². The fourth-order valence-electron chi connectivity index (χ4n) is 1.44. The Morgan fingerprint density at radius 3 is 2.50 bits per heavy atom. The van der Waals surface area contributed by atoms with Gasteiger partial charge in [0.1, 0.15) is 18.0 Å². The molecule has 0 bridgehead atoms. The first-order chi connectivity index (χ1) is 6.36.